The van der Waals surface area contributed by atoms with Gasteiger partial charge in [-0.1, -0.05) is 36.4 Å². The van der Waals surface area contributed by atoms with Gasteiger partial charge in [-0.3, -0.25) is 0 Å². The first-order valence-electron chi connectivity index (χ1n) is 10.5. The van der Waals surface area contributed by atoms with Gasteiger partial charge in [-0.25, -0.2) is 12.4 Å². The lowest BCUT2D eigenvalue weighted by Crippen LogP contribution is -2.20. The van der Waals surface area contributed by atoms with Crippen LogP contribution in [0, 0.1) is 0 Å². The Hall–Kier alpha value is -3.29. The maximum atomic E-state index is 13.0. The molecular weight excluding hydrogens is 422 g/mol. The van der Waals surface area contributed by atoms with Crippen molar-refractivity contribution >= 4 is 26.6 Å². The third-order valence-electron chi connectivity index (χ3n) is 5.28. The van der Waals surface area contributed by atoms with Crippen LogP contribution in [0.3, 0.4) is 0 Å². The van der Waals surface area contributed by atoms with E-state index in [2.05, 4.69) is 34.5 Å². The Labute approximate surface area is 189 Å². The molecule has 0 aliphatic rings. The lowest BCUT2D eigenvalue weighted by atomic mass is 10.2. The van der Waals surface area contributed by atoms with Crippen LogP contribution in [0.2, 0.25) is 0 Å². The summed E-state index contributed by atoms with van der Waals surface area (Å²) in [4.78, 5) is 2.33. The second-order valence-corrected chi connectivity index (χ2v) is 9.52. The smallest absolute Gasteiger partial charge is 0.268 e. The van der Waals surface area contributed by atoms with Gasteiger partial charge in [-0.2, -0.15) is 0 Å². The van der Waals surface area contributed by atoms with Crippen molar-refractivity contribution in [3.63, 3.8) is 0 Å². The summed E-state index contributed by atoms with van der Waals surface area (Å²) in [6, 6.07) is 24.1. The van der Waals surface area contributed by atoms with Gasteiger partial charge in [0.15, 0.2) is 0 Å². The van der Waals surface area contributed by atoms with E-state index in [-0.39, 0.29) is 4.90 Å². The van der Waals surface area contributed by atoms with Crippen LogP contribution in [0.5, 0.6) is 5.75 Å². The highest BCUT2D eigenvalue weighted by molar-refractivity contribution is 7.90. The molecule has 166 valence electrons. The summed E-state index contributed by atoms with van der Waals surface area (Å²) in [5, 5.41) is 4.15. The minimum atomic E-state index is -3.66. The van der Waals surface area contributed by atoms with Crippen LogP contribution in [0.15, 0.2) is 90.0 Å². The van der Waals surface area contributed by atoms with Crippen molar-refractivity contribution in [2.45, 2.75) is 11.4 Å². The number of hydrogen-bond acceptors (Lipinski definition) is 5. The number of rotatable bonds is 9. The maximum absolute atomic E-state index is 13.0. The summed E-state index contributed by atoms with van der Waals surface area (Å²) in [5.74, 6) is 0.668. The molecule has 0 spiro atoms. The minimum Gasteiger partial charge on any atom is -0.492 e. The zero-order valence-electron chi connectivity index (χ0n) is 18.2. The van der Waals surface area contributed by atoms with E-state index in [1.165, 1.54) is 15.2 Å². The molecule has 0 unspecified atom stereocenters. The molecular formula is C25H27N3O3S. The molecule has 4 aromatic rings. The third kappa shape index (κ3) is 4.64. The summed E-state index contributed by atoms with van der Waals surface area (Å²) < 4.78 is 33.3. The van der Waals surface area contributed by atoms with E-state index in [0.717, 1.165) is 11.9 Å². The normalized spacial score (nSPS) is 11.6. The minimum absolute atomic E-state index is 0.256. The van der Waals surface area contributed by atoms with E-state index in [4.69, 9.17) is 4.74 Å². The summed E-state index contributed by atoms with van der Waals surface area (Å²) >= 11 is 0. The molecule has 0 saturated heterocycles. The van der Waals surface area contributed by atoms with Gasteiger partial charge in [0, 0.05) is 44.5 Å². The fourth-order valence-electron chi connectivity index (χ4n) is 3.53. The van der Waals surface area contributed by atoms with Crippen molar-refractivity contribution in [2.75, 3.05) is 32.1 Å². The quantitative estimate of drug-likeness (QED) is 0.390. The van der Waals surface area contributed by atoms with Crippen molar-refractivity contribution in [1.29, 1.82) is 0 Å². The molecule has 1 N–H and O–H groups in total. The summed E-state index contributed by atoms with van der Waals surface area (Å²) in [6.45, 7) is 1.91. The Balaban J connectivity index is 1.39. The molecule has 3 aromatic carbocycles. The van der Waals surface area contributed by atoms with Gasteiger partial charge in [-0.15, -0.1) is 0 Å². The molecule has 0 fully saturated rings. The van der Waals surface area contributed by atoms with Crippen LogP contribution in [-0.2, 0) is 16.6 Å². The first kappa shape index (κ1) is 21.9. The van der Waals surface area contributed by atoms with Crippen molar-refractivity contribution in [3.05, 3.63) is 90.6 Å². The summed E-state index contributed by atoms with van der Waals surface area (Å²) in [5.41, 5.74) is 2.98. The Kier molecular flexibility index (Phi) is 6.48. The first-order valence-corrected chi connectivity index (χ1v) is 11.9. The second kappa shape index (κ2) is 9.46. The number of anilines is 1. The average Bonchev–Trinajstić information content (AvgIpc) is 3.26. The van der Waals surface area contributed by atoms with E-state index in [0.29, 0.717) is 24.4 Å². The van der Waals surface area contributed by atoms with E-state index < -0.39 is 10.0 Å². The van der Waals surface area contributed by atoms with Gasteiger partial charge in [0.05, 0.1) is 10.4 Å². The van der Waals surface area contributed by atoms with Gasteiger partial charge < -0.3 is 15.0 Å². The number of fused-ring (bicyclic) bond motifs is 1. The molecule has 0 aliphatic heterocycles. The van der Waals surface area contributed by atoms with Crippen molar-refractivity contribution < 1.29 is 13.2 Å². The van der Waals surface area contributed by atoms with Crippen LogP contribution in [0.4, 0.5) is 5.69 Å². The largest absolute Gasteiger partial charge is 0.492 e. The standard InChI is InChI=1S/C25H27N3O3S/c1-27(2)21-13-11-20(12-14-21)19-26-16-18-31-25-10-6-9-24-23(25)15-17-28(24)32(29,30)22-7-4-3-5-8-22/h3-15,17,26H,16,18-19H2,1-2H3. The lowest BCUT2D eigenvalue weighted by Gasteiger charge is -2.13. The first-order chi connectivity index (χ1) is 15.5. The summed E-state index contributed by atoms with van der Waals surface area (Å²) in [6.07, 6.45) is 1.58. The fraction of sp³-hybridized carbons (Fsp3) is 0.200. The van der Waals surface area contributed by atoms with Gasteiger partial charge in [0.2, 0.25) is 0 Å². The predicted octanol–water partition coefficient (Wildman–Crippen LogP) is 4.11. The number of hydrogen-bond donors (Lipinski definition) is 1. The molecule has 0 atom stereocenters. The Morgan fingerprint density at radius 3 is 2.38 bits per heavy atom. The average molecular weight is 450 g/mol. The van der Waals surface area contributed by atoms with Crippen LogP contribution >= 0.6 is 0 Å². The van der Waals surface area contributed by atoms with Crippen molar-refractivity contribution in [2.24, 2.45) is 0 Å². The van der Waals surface area contributed by atoms with E-state index >= 15 is 0 Å². The molecule has 6 nitrogen and oxygen atoms in total. The van der Waals surface area contributed by atoms with Crippen LogP contribution < -0.4 is 15.0 Å². The van der Waals surface area contributed by atoms with Gasteiger partial charge >= 0.3 is 0 Å². The molecule has 0 radical (unpaired) electrons. The van der Waals surface area contributed by atoms with Gasteiger partial charge in [0.25, 0.3) is 10.0 Å². The topological polar surface area (TPSA) is 63.6 Å². The highest BCUT2D eigenvalue weighted by atomic mass is 32.2. The predicted molar refractivity (Wildman–Crippen MR) is 129 cm³/mol. The molecule has 0 bridgehead atoms. The number of aromatic nitrogens is 1. The van der Waals surface area contributed by atoms with Crippen LogP contribution in [-0.4, -0.2) is 39.6 Å². The van der Waals surface area contributed by atoms with Crippen molar-refractivity contribution in [3.8, 4) is 5.75 Å². The van der Waals surface area contributed by atoms with E-state index in [9.17, 15) is 8.42 Å². The fourth-order valence-corrected chi connectivity index (χ4v) is 4.90. The summed E-state index contributed by atoms with van der Waals surface area (Å²) in [7, 11) is 0.387. The molecule has 0 aliphatic carbocycles. The van der Waals surface area contributed by atoms with Gasteiger partial charge in [-0.05, 0) is 48.0 Å². The number of benzene rings is 3. The maximum Gasteiger partial charge on any atom is 0.268 e. The second-order valence-electron chi connectivity index (χ2n) is 7.70. The highest BCUT2D eigenvalue weighted by Crippen LogP contribution is 2.29. The monoisotopic (exact) mass is 449 g/mol. The SMILES string of the molecule is CN(C)c1ccc(CNCCOc2cccc3c2ccn3S(=O)(=O)c2ccccc2)cc1. The Bertz CT molecular complexity index is 1280. The molecule has 4 rings (SSSR count). The Morgan fingerprint density at radius 2 is 1.66 bits per heavy atom. The number of ether oxygens (including phenoxy) is 1. The molecule has 0 saturated carbocycles. The third-order valence-corrected chi connectivity index (χ3v) is 6.98. The van der Waals surface area contributed by atoms with E-state index in [1.807, 2.05) is 26.2 Å². The highest BCUT2D eigenvalue weighted by Gasteiger charge is 2.19. The molecule has 0 amide bonds. The van der Waals surface area contributed by atoms with E-state index in [1.54, 1.807) is 48.7 Å². The van der Waals surface area contributed by atoms with Gasteiger partial charge in [0.1, 0.15) is 12.4 Å². The van der Waals surface area contributed by atoms with Crippen molar-refractivity contribution in [1.82, 2.24) is 9.29 Å². The molecule has 1 heterocycles. The molecule has 1 aromatic heterocycles. The molecule has 7 heteroatoms. The number of nitrogens with one attached hydrogen (secondary N) is 1. The van der Waals surface area contributed by atoms with Crippen LogP contribution in [0.25, 0.3) is 10.9 Å². The van der Waals surface area contributed by atoms with Crippen LogP contribution in [0.1, 0.15) is 5.56 Å². The Morgan fingerprint density at radius 1 is 0.906 bits per heavy atom. The molecule has 32 heavy (non-hydrogen) atoms. The zero-order chi connectivity index (χ0) is 22.6. The zero-order valence-corrected chi connectivity index (χ0v) is 19.0. The number of nitrogens with zero attached hydrogens (tertiary/aromatic N) is 2. The lowest BCUT2D eigenvalue weighted by molar-refractivity contribution is 0.317.